The number of allylic oxidation sites excluding steroid dienone is 1. The van der Waals surface area contributed by atoms with Crippen molar-refractivity contribution in [2.75, 3.05) is 11.6 Å². The van der Waals surface area contributed by atoms with Crippen molar-refractivity contribution in [3.8, 4) is 5.75 Å². The molecule has 0 aromatic heterocycles. The molecule has 0 aliphatic rings. The second kappa shape index (κ2) is 7.80. The lowest BCUT2D eigenvalue weighted by Crippen LogP contribution is -2.07. The normalized spacial score (nSPS) is 11.6. The quantitative estimate of drug-likeness (QED) is 0.260. The SMILES string of the molecule is CS/C(Nc1ccc(O)cc1C)=C(/F)C(=O)c1ccc([N+](=O)[O-])cc1. The molecule has 0 saturated carbocycles. The van der Waals surface area contributed by atoms with E-state index in [1.807, 2.05) is 0 Å². The van der Waals surface area contributed by atoms with Crippen LogP contribution in [0.1, 0.15) is 15.9 Å². The Hall–Kier alpha value is -2.87. The molecule has 6 nitrogen and oxygen atoms in total. The molecule has 0 aliphatic heterocycles. The van der Waals surface area contributed by atoms with Gasteiger partial charge in [0.15, 0.2) is 0 Å². The Bertz CT molecular complexity index is 850. The minimum absolute atomic E-state index is 0.0112. The van der Waals surface area contributed by atoms with E-state index in [1.54, 1.807) is 19.2 Å². The average molecular weight is 362 g/mol. The highest BCUT2D eigenvalue weighted by Crippen LogP contribution is 2.28. The predicted octanol–water partition coefficient (Wildman–Crippen LogP) is 4.41. The van der Waals surface area contributed by atoms with Crippen molar-refractivity contribution in [3.05, 3.63) is 74.6 Å². The van der Waals surface area contributed by atoms with Gasteiger partial charge in [-0.25, -0.2) is 0 Å². The number of Topliss-reactive ketones (excluding diaryl/α,β-unsaturated/α-hetero) is 1. The number of non-ortho nitro benzene ring substituents is 1. The number of thioether (sulfide) groups is 1. The molecule has 0 radical (unpaired) electrons. The maximum Gasteiger partial charge on any atom is 0.269 e. The summed E-state index contributed by atoms with van der Waals surface area (Å²) in [6.45, 7) is 1.73. The Balaban J connectivity index is 2.30. The van der Waals surface area contributed by atoms with Crippen molar-refractivity contribution in [2.24, 2.45) is 0 Å². The zero-order valence-electron chi connectivity index (χ0n) is 13.4. The molecule has 0 unspecified atom stereocenters. The van der Waals surface area contributed by atoms with Crippen molar-refractivity contribution in [1.82, 2.24) is 0 Å². The number of ketones is 1. The van der Waals surface area contributed by atoms with Gasteiger partial charge in [0, 0.05) is 23.4 Å². The second-order valence-electron chi connectivity index (χ2n) is 5.10. The van der Waals surface area contributed by atoms with E-state index in [4.69, 9.17) is 0 Å². The van der Waals surface area contributed by atoms with Crippen molar-refractivity contribution >= 4 is 28.9 Å². The van der Waals surface area contributed by atoms with E-state index in [0.29, 0.717) is 11.3 Å². The van der Waals surface area contributed by atoms with Crippen molar-refractivity contribution in [1.29, 1.82) is 0 Å². The summed E-state index contributed by atoms with van der Waals surface area (Å²) in [7, 11) is 0. The molecule has 0 heterocycles. The summed E-state index contributed by atoms with van der Waals surface area (Å²) < 4.78 is 14.6. The van der Waals surface area contributed by atoms with Crippen LogP contribution in [0, 0.1) is 17.0 Å². The highest BCUT2D eigenvalue weighted by Gasteiger charge is 2.19. The van der Waals surface area contributed by atoms with Gasteiger partial charge in [0.25, 0.3) is 5.69 Å². The summed E-state index contributed by atoms with van der Waals surface area (Å²) in [5.41, 5.74) is 1.07. The number of phenolic OH excluding ortho intramolecular Hbond substituents is 1. The minimum atomic E-state index is -0.992. The summed E-state index contributed by atoms with van der Waals surface area (Å²) in [6, 6.07) is 9.26. The van der Waals surface area contributed by atoms with Gasteiger partial charge in [0.05, 0.1) is 4.92 Å². The smallest absolute Gasteiger partial charge is 0.269 e. The van der Waals surface area contributed by atoms with Gasteiger partial charge in [-0.2, -0.15) is 4.39 Å². The van der Waals surface area contributed by atoms with Crippen molar-refractivity contribution in [3.63, 3.8) is 0 Å². The molecule has 0 spiro atoms. The molecule has 0 atom stereocenters. The molecule has 0 aliphatic carbocycles. The Morgan fingerprint density at radius 1 is 1.24 bits per heavy atom. The fourth-order valence-corrected chi connectivity index (χ4v) is 2.55. The summed E-state index contributed by atoms with van der Waals surface area (Å²) in [5.74, 6) is -1.78. The van der Waals surface area contributed by atoms with Gasteiger partial charge in [-0.3, -0.25) is 14.9 Å². The number of hydrogen-bond acceptors (Lipinski definition) is 6. The van der Waals surface area contributed by atoms with Crippen LogP contribution < -0.4 is 5.32 Å². The molecule has 0 fully saturated rings. The van der Waals surface area contributed by atoms with Crippen LogP contribution in [0.3, 0.4) is 0 Å². The Morgan fingerprint density at radius 2 is 1.88 bits per heavy atom. The molecule has 0 saturated heterocycles. The Labute approximate surface area is 147 Å². The molecule has 130 valence electrons. The summed E-state index contributed by atoms with van der Waals surface area (Å²) in [4.78, 5) is 22.3. The molecular formula is C17H15FN2O4S. The molecule has 0 amide bonds. The standard InChI is InChI=1S/C17H15FN2O4S/c1-10-9-13(21)7-8-14(10)19-17(25-2)15(18)16(22)11-3-5-12(6-4-11)20(23)24/h3-9,19,21H,1-2H3/b17-15+. The number of nitro benzene ring substituents is 1. The lowest BCUT2D eigenvalue weighted by molar-refractivity contribution is -0.384. The van der Waals surface area contributed by atoms with E-state index >= 15 is 0 Å². The third kappa shape index (κ3) is 4.36. The van der Waals surface area contributed by atoms with Gasteiger partial charge < -0.3 is 10.4 Å². The molecular weight excluding hydrogens is 347 g/mol. The van der Waals surface area contributed by atoms with Gasteiger partial charge in [-0.05, 0) is 49.1 Å². The third-order valence-corrected chi connectivity index (χ3v) is 4.09. The van der Waals surface area contributed by atoms with Crippen LogP contribution in [-0.2, 0) is 0 Å². The maximum absolute atomic E-state index is 14.6. The zero-order valence-corrected chi connectivity index (χ0v) is 14.3. The first-order chi connectivity index (χ1) is 11.8. The van der Waals surface area contributed by atoms with Crippen LogP contribution in [0.5, 0.6) is 5.75 Å². The second-order valence-corrected chi connectivity index (χ2v) is 5.92. The average Bonchev–Trinajstić information content (AvgIpc) is 2.60. The number of benzene rings is 2. The number of aromatic hydroxyl groups is 1. The van der Waals surface area contributed by atoms with Crippen LogP contribution in [0.25, 0.3) is 0 Å². The Kier molecular flexibility index (Phi) is 5.76. The number of nitrogens with zero attached hydrogens (tertiary/aromatic N) is 1. The van der Waals surface area contributed by atoms with Gasteiger partial charge in [0.2, 0.25) is 11.6 Å². The number of carbonyl (C=O) groups excluding carboxylic acids is 1. The van der Waals surface area contributed by atoms with Crippen LogP contribution >= 0.6 is 11.8 Å². The first kappa shape index (κ1) is 18.5. The number of aryl methyl sites for hydroxylation is 1. The van der Waals surface area contributed by atoms with E-state index in [9.17, 15) is 24.4 Å². The highest BCUT2D eigenvalue weighted by atomic mass is 32.2. The zero-order chi connectivity index (χ0) is 18.6. The fourth-order valence-electron chi connectivity index (χ4n) is 2.07. The van der Waals surface area contributed by atoms with E-state index in [2.05, 4.69) is 5.32 Å². The number of hydrogen-bond donors (Lipinski definition) is 2. The fraction of sp³-hybridized carbons (Fsp3) is 0.118. The number of nitro groups is 1. The third-order valence-electron chi connectivity index (χ3n) is 3.40. The topological polar surface area (TPSA) is 92.5 Å². The van der Waals surface area contributed by atoms with Crippen molar-refractivity contribution in [2.45, 2.75) is 6.92 Å². The van der Waals surface area contributed by atoms with E-state index in [1.165, 1.54) is 24.3 Å². The molecule has 2 N–H and O–H groups in total. The maximum atomic E-state index is 14.6. The van der Waals surface area contributed by atoms with E-state index < -0.39 is 16.5 Å². The highest BCUT2D eigenvalue weighted by molar-refractivity contribution is 8.02. The predicted molar refractivity (Wildman–Crippen MR) is 95.5 cm³/mol. The largest absolute Gasteiger partial charge is 0.508 e. The first-order valence-electron chi connectivity index (χ1n) is 7.13. The monoisotopic (exact) mass is 362 g/mol. The van der Waals surface area contributed by atoms with Crippen LogP contribution in [0.15, 0.2) is 53.3 Å². The number of anilines is 1. The number of phenols is 1. The molecule has 8 heteroatoms. The number of halogens is 1. The molecule has 2 rings (SSSR count). The molecule has 0 bridgehead atoms. The lowest BCUT2D eigenvalue weighted by Gasteiger charge is -2.12. The first-order valence-corrected chi connectivity index (χ1v) is 8.35. The van der Waals surface area contributed by atoms with E-state index in [-0.39, 0.29) is 22.0 Å². The number of nitrogens with one attached hydrogen (secondary N) is 1. The molecule has 25 heavy (non-hydrogen) atoms. The molecule has 2 aromatic carbocycles. The summed E-state index contributed by atoms with van der Waals surface area (Å²) in [5, 5.41) is 22.9. The lowest BCUT2D eigenvalue weighted by atomic mass is 10.1. The minimum Gasteiger partial charge on any atom is -0.508 e. The summed E-state index contributed by atoms with van der Waals surface area (Å²) in [6.07, 6.45) is 1.61. The van der Waals surface area contributed by atoms with Crippen LogP contribution in [0.2, 0.25) is 0 Å². The summed E-state index contributed by atoms with van der Waals surface area (Å²) >= 11 is 1.02. The van der Waals surface area contributed by atoms with Gasteiger partial charge >= 0.3 is 0 Å². The van der Waals surface area contributed by atoms with Crippen LogP contribution in [0.4, 0.5) is 15.8 Å². The Morgan fingerprint density at radius 3 is 2.40 bits per heavy atom. The molecule has 2 aromatic rings. The van der Waals surface area contributed by atoms with Crippen molar-refractivity contribution < 1.29 is 19.2 Å². The van der Waals surface area contributed by atoms with Gasteiger partial charge in [-0.15, -0.1) is 11.8 Å². The van der Waals surface area contributed by atoms with Gasteiger partial charge in [0.1, 0.15) is 10.8 Å². The number of carbonyl (C=O) groups is 1. The number of rotatable bonds is 6. The van der Waals surface area contributed by atoms with Gasteiger partial charge in [-0.1, -0.05) is 0 Å². The van der Waals surface area contributed by atoms with E-state index in [0.717, 1.165) is 23.9 Å². The van der Waals surface area contributed by atoms with Crippen LogP contribution in [-0.4, -0.2) is 22.1 Å².